The van der Waals surface area contributed by atoms with Gasteiger partial charge in [0, 0.05) is 5.41 Å². The normalized spacial score (nSPS) is 11.2. The quantitative estimate of drug-likeness (QED) is 0.312. The third kappa shape index (κ3) is 6.07. The summed E-state index contributed by atoms with van der Waals surface area (Å²) < 4.78 is 12.0. The molecule has 0 saturated heterocycles. The van der Waals surface area contributed by atoms with Crippen LogP contribution >= 0.6 is 0 Å². The summed E-state index contributed by atoms with van der Waals surface area (Å²) in [6.07, 6.45) is 0. The highest BCUT2D eigenvalue weighted by Gasteiger charge is 2.20. The largest absolute Gasteiger partial charge is 0.508 e. The summed E-state index contributed by atoms with van der Waals surface area (Å²) in [6.45, 7) is 5.28. The topological polar surface area (TPSA) is 58.9 Å². The van der Waals surface area contributed by atoms with Crippen LogP contribution in [0.25, 0.3) is 22.3 Å². The molecular formula is C29H28O4. The summed E-state index contributed by atoms with van der Waals surface area (Å²) in [6, 6.07) is 30.2. The van der Waals surface area contributed by atoms with E-state index >= 15 is 0 Å². The predicted octanol–water partition coefficient (Wildman–Crippen LogP) is 6.92. The van der Waals surface area contributed by atoms with E-state index in [1.54, 1.807) is 24.3 Å². The number of aromatic hydroxyl groups is 2. The van der Waals surface area contributed by atoms with Crippen molar-refractivity contribution in [2.24, 2.45) is 5.41 Å². The highest BCUT2D eigenvalue weighted by molar-refractivity contribution is 5.65. The van der Waals surface area contributed by atoms with Crippen LogP contribution in [0.4, 0.5) is 0 Å². The minimum Gasteiger partial charge on any atom is -0.508 e. The van der Waals surface area contributed by atoms with Gasteiger partial charge in [0.15, 0.2) is 0 Å². The van der Waals surface area contributed by atoms with E-state index in [4.69, 9.17) is 9.47 Å². The highest BCUT2D eigenvalue weighted by atomic mass is 16.5. The average molecular weight is 441 g/mol. The summed E-state index contributed by atoms with van der Waals surface area (Å²) >= 11 is 0. The Morgan fingerprint density at radius 3 is 1.06 bits per heavy atom. The van der Waals surface area contributed by atoms with Gasteiger partial charge in [0.1, 0.15) is 23.0 Å². The zero-order chi connectivity index (χ0) is 23.3. The SMILES string of the molecule is CC(C)(COc1ccc(-c2ccc(O)cc2)cc1)COc1ccc(-c2ccc(O)cc2)cc1. The molecule has 0 bridgehead atoms. The Bertz CT molecular complexity index is 1070. The van der Waals surface area contributed by atoms with Crippen LogP contribution in [0, 0.1) is 5.41 Å². The van der Waals surface area contributed by atoms with E-state index in [-0.39, 0.29) is 16.9 Å². The van der Waals surface area contributed by atoms with Gasteiger partial charge >= 0.3 is 0 Å². The van der Waals surface area contributed by atoms with Crippen molar-refractivity contribution in [1.82, 2.24) is 0 Å². The lowest BCUT2D eigenvalue weighted by Crippen LogP contribution is -2.28. The average Bonchev–Trinajstić information content (AvgIpc) is 2.83. The Morgan fingerprint density at radius 2 is 0.758 bits per heavy atom. The predicted molar refractivity (Wildman–Crippen MR) is 132 cm³/mol. The molecule has 4 nitrogen and oxygen atoms in total. The standard InChI is InChI=1S/C29H28O4/c1-29(2,19-32-27-15-7-23(8-16-27)21-3-11-25(30)12-4-21)20-33-28-17-9-24(10-18-28)22-5-13-26(31)14-6-22/h3-18,30-31H,19-20H2,1-2H3. The number of hydrogen-bond donors (Lipinski definition) is 2. The maximum absolute atomic E-state index is 9.44. The molecule has 0 aliphatic carbocycles. The fourth-order valence-corrected chi connectivity index (χ4v) is 3.39. The summed E-state index contributed by atoms with van der Waals surface area (Å²) in [5.74, 6) is 2.14. The van der Waals surface area contributed by atoms with Crippen molar-refractivity contribution in [3.8, 4) is 45.3 Å². The molecule has 33 heavy (non-hydrogen) atoms. The summed E-state index contributed by atoms with van der Waals surface area (Å²) in [5.41, 5.74) is 4.06. The second-order valence-corrected chi connectivity index (χ2v) is 8.88. The third-order valence-corrected chi connectivity index (χ3v) is 5.37. The summed E-state index contributed by atoms with van der Waals surface area (Å²) in [7, 11) is 0. The zero-order valence-corrected chi connectivity index (χ0v) is 18.9. The van der Waals surface area contributed by atoms with Crippen molar-refractivity contribution in [3.63, 3.8) is 0 Å². The Morgan fingerprint density at radius 1 is 0.485 bits per heavy atom. The molecule has 0 unspecified atom stereocenters. The van der Waals surface area contributed by atoms with Crippen molar-refractivity contribution in [2.45, 2.75) is 13.8 Å². The fraction of sp³-hybridized carbons (Fsp3) is 0.172. The van der Waals surface area contributed by atoms with Crippen molar-refractivity contribution in [1.29, 1.82) is 0 Å². The molecule has 4 rings (SSSR count). The summed E-state index contributed by atoms with van der Waals surface area (Å²) in [4.78, 5) is 0. The number of ether oxygens (including phenoxy) is 2. The Kier molecular flexibility index (Phi) is 6.55. The van der Waals surface area contributed by atoms with Gasteiger partial charge in [-0.1, -0.05) is 62.4 Å². The van der Waals surface area contributed by atoms with Gasteiger partial charge in [0.2, 0.25) is 0 Å². The first kappa shape index (κ1) is 22.3. The summed E-state index contributed by atoms with van der Waals surface area (Å²) in [5, 5.41) is 18.9. The second kappa shape index (κ2) is 9.70. The fourth-order valence-electron chi connectivity index (χ4n) is 3.39. The minimum atomic E-state index is -0.175. The lowest BCUT2D eigenvalue weighted by Gasteiger charge is -2.25. The molecule has 0 saturated carbocycles. The van der Waals surface area contributed by atoms with Gasteiger partial charge in [-0.05, 0) is 70.8 Å². The van der Waals surface area contributed by atoms with E-state index in [1.807, 2.05) is 72.8 Å². The van der Waals surface area contributed by atoms with Crippen LogP contribution in [0.2, 0.25) is 0 Å². The van der Waals surface area contributed by atoms with Crippen molar-refractivity contribution in [3.05, 3.63) is 97.1 Å². The van der Waals surface area contributed by atoms with Crippen LogP contribution in [-0.2, 0) is 0 Å². The maximum atomic E-state index is 9.44. The Hall–Kier alpha value is -3.92. The van der Waals surface area contributed by atoms with E-state index in [2.05, 4.69) is 13.8 Å². The van der Waals surface area contributed by atoms with Crippen molar-refractivity contribution < 1.29 is 19.7 Å². The van der Waals surface area contributed by atoms with E-state index in [0.29, 0.717) is 13.2 Å². The van der Waals surface area contributed by atoms with Crippen LogP contribution < -0.4 is 9.47 Å². The molecule has 0 aliphatic heterocycles. The van der Waals surface area contributed by atoms with Crippen LogP contribution in [0.5, 0.6) is 23.0 Å². The molecule has 0 fully saturated rings. The van der Waals surface area contributed by atoms with E-state index in [9.17, 15) is 10.2 Å². The van der Waals surface area contributed by atoms with E-state index in [1.165, 1.54) is 0 Å². The van der Waals surface area contributed by atoms with Crippen LogP contribution in [0.1, 0.15) is 13.8 Å². The van der Waals surface area contributed by atoms with Gasteiger partial charge < -0.3 is 19.7 Å². The van der Waals surface area contributed by atoms with Crippen LogP contribution in [0.3, 0.4) is 0 Å². The van der Waals surface area contributed by atoms with Crippen LogP contribution in [-0.4, -0.2) is 23.4 Å². The van der Waals surface area contributed by atoms with E-state index < -0.39 is 0 Å². The van der Waals surface area contributed by atoms with Gasteiger partial charge in [-0.3, -0.25) is 0 Å². The first-order valence-corrected chi connectivity index (χ1v) is 10.9. The molecule has 0 spiro atoms. The van der Waals surface area contributed by atoms with Gasteiger partial charge in [-0.15, -0.1) is 0 Å². The monoisotopic (exact) mass is 440 g/mol. The maximum Gasteiger partial charge on any atom is 0.119 e. The molecule has 168 valence electrons. The zero-order valence-electron chi connectivity index (χ0n) is 18.9. The molecule has 0 radical (unpaired) electrons. The number of phenolic OH excluding ortho intramolecular Hbond substituents is 2. The van der Waals surface area contributed by atoms with Crippen molar-refractivity contribution in [2.75, 3.05) is 13.2 Å². The molecule has 0 aromatic heterocycles. The first-order valence-electron chi connectivity index (χ1n) is 10.9. The number of hydrogen-bond acceptors (Lipinski definition) is 4. The molecule has 4 heteroatoms. The lowest BCUT2D eigenvalue weighted by atomic mass is 9.96. The second-order valence-electron chi connectivity index (χ2n) is 8.88. The van der Waals surface area contributed by atoms with Gasteiger partial charge in [-0.2, -0.15) is 0 Å². The molecule has 0 heterocycles. The molecule has 2 N–H and O–H groups in total. The highest BCUT2D eigenvalue weighted by Crippen LogP contribution is 2.27. The lowest BCUT2D eigenvalue weighted by molar-refractivity contribution is 0.110. The Labute approximate surface area is 194 Å². The van der Waals surface area contributed by atoms with Crippen molar-refractivity contribution >= 4 is 0 Å². The molecule has 4 aromatic carbocycles. The molecular weight excluding hydrogens is 412 g/mol. The molecule has 0 aliphatic rings. The third-order valence-electron chi connectivity index (χ3n) is 5.37. The van der Waals surface area contributed by atoms with Gasteiger partial charge in [0.05, 0.1) is 13.2 Å². The number of rotatable bonds is 8. The molecule has 4 aromatic rings. The van der Waals surface area contributed by atoms with Gasteiger partial charge in [0.25, 0.3) is 0 Å². The Balaban J connectivity index is 1.29. The minimum absolute atomic E-state index is 0.175. The van der Waals surface area contributed by atoms with E-state index in [0.717, 1.165) is 33.8 Å². The first-order chi connectivity index (χ1) is 15.9. The number of benzene rings is 4. The smallest absolute Gasteiger partial charge is 0.119 e. The molecule has 0 atom stereocenters. The van der Waals surface area contributed by atoms with Crippen LogP contribution in [0.15, 0.2) is 97.1 Å². The van der Waals surface area contributed by atoms with Gasteiger partial charge in [-0.25, -0.2) is 0 Å². The number of phenols is 2. The molecule has 0 amide bonds.